The molecule has 0 unspecified atom stereocenters. The maximum absolute atomic E-state index is 14.5. The van der Waals surface area contributed by atoms with Crippen LogP contribution in [0.5, 0.6) is 11.5 Å². The standard InChI is InChI=1S/C20H18FNO5/c21-19(17(23)24)10-16(19)20(22,18(25)26)9-13-11-5-1-3-7-14(11)27-15-8-4-2-6-12(13)15/h1-8,13,16H,9-10,22H2,(H,23,24)(H,25,26)/t16-,19+,20-/m0/s1. The van der Waals surface area contributed by atoms with Crippen molar-refractivity contribution in [3.63, 3.8) is 0 Å². The average molecular weight is 371 g/mol. The van der Waals surface area contributed by atoms with Crippen molar-refractivity contribution in [1.82, 2.24) is 0 Å². The van der Waals surface area contributed by atoms with Crippen LogP contribution < -0.4 is 10.5 Å². The normalized spacial score (nSPS) is 25.5. The van der Waals surface area contributed by atoms with Gasteiger partial charge in [-0.05, 0) is 18.6 Å². The van der Waals surface area contributed by atoms with Gasteiger partial charge < -0.3 is 20.7 Å². The van der Waals surface area contributed by atoms with Gasteiger partial charge in [0.15, 0.2) is 0 Å². The molecule has 1 fully saturated rings. The highest BCUT2D eigenvalue weighted by Crippen LogP contribution is 2.57. The maximum atomic E-state index is 14.5. The van der Waals surface area contributed by atoms with Crippen LogP contribution >= 0.6 is 0 Å². The molecule has 0 aromatic heterocycles. The minimum atomic E-state index is -2.60. The minimum absolute atomic E-state index is 0.136. The summed E-state index contributed by atoms with van der Waals surface area (Å²) >= 11 is 0. The number of carbonyl (C=O) groups is 2. The first-order chi connectivity index (χ1) is 12.8. The molecule has 0 radical (unpaired) electrons. The van der Waals surface area contributed by atoms with Crippen LogP contribution in [-0.2, 0) is 9.59 Å². The first-order valence-corrected chi connectivity index (χ1v) is 8.57. The zero-order chi connectivity index (χ0) is 19.4. The summed E-state index contributed by atoms with van der Waals surface area (Å²) in [6, 6.07) is 14.4. The van der Waals surface area contributed by atoms with Gasteiger partial charge in [-0.25, -0.2) is 9.18 Å². The molecular formula is C20H18FNO5. The van der Waals surface area contributed by atoms with Crippen LogP contribution in [0.3, 0.4) is 0 Å². The summed E-state index contributed by atoms with van der Waals surface area (Å²) < 4.78 is 20.4. The summed E-state index contributed by atoms with van der Waals surface area (Å²) in [5.74, 6) is -3.66. The van der Waals surface area contributed by atoms with E-state index in [1.165, 1.54) is 0 Å². The second-order valence-corrected chi connectivity index (χ2v) is 7.20. The number of carboxylic acids is 2. The number of para-hydroxylation sites is 2. The van der Waals surface area contributed by atoms with E-state index in [0.29, 0.717) is 11.5 Å². The molecule has 1 aliphatic heterocycles. The third kappa shape index (κ3) is 2.57. The number of ether oxygens (including phenoxy) is 1. The fourth-order valence-electron chi connectivity index (χ4n) is 4.01. The second kappa shape index (κ2) is 5.79. The van der Waals surface area contributed by atoms with Gasteiger partial charge in [0.05, 0.1) is 0 Å². The zero-order valence-electron chi connectivity index (χ0n) is 14.3. The van der Waals surface area contributed by atoms with Crippen molar-refractivity contribution in [3.05, 3.63) is 59.7 Å². The van der Waals surface area contributed by atoms with E-state index in [9.17, 15) is 19.1 Å². The number of halogens is 1. The molecule has 0 bridgehead atoms. The van der Waals surface area contributed by atoms with E-state index in [-0.39, 0.29) is 6.42 Å². The second-order valence-electron chi connectivity index (χ2n) is 7.20. The van der Waals surface area contributed by atoms with Gasteiger partial charge in [-0.2, -0.15) is 0 Å². The van der Waals surface area contributed by atoms with E-state index < -0.39 is 41.4 Å². The Balaban J connectivity index is 1.77. The highest BCUT2D eigenvalue weighted by molar-refractivity contribution is 5.88. The Kier molecular flexibility index (Phi) is 3.75. The molecule has 4 rings (SSSR count). The third-order valence-electron chi connectivity index (χ3n) is 5.62. The number of nitrogens with two attached hydrogens (primary N) is 1. The quantitative estimate of drug-likeness (QED) is 0.745. The maximum Gasteiger partial charge on any atom is 0.341 e. The predicted octanol–water partition coefficient (Wildman–Crippen LogP) is 2.91. The number of aliphatic carboxylic acids is 2. The van der Waals surface area contributed by atoms with Crippen LogP contribution in [0.1, 0.15) is 29.9 Å². The molecule has 1 heterocycles. The van der Waals surface area contributed by atoms with Gasteiger partial charge in [0.25, 0.3) is 0 Å². The fraction of sp³-hybridized carbons (Fsp3) is 0.300. The minimum Gasteiger partial charge on any atom is -0.480 e. The molecular weight excluding hydrogens is 353 g/mol. The number of alkyl halides is 1. The topological polar surface area (TPSA) is 110 Å². The SMILES string of the molecule is N[C@](CC1c2ccccc2Oc2ccccc21)(C(=O)O)[C@H]1C[C@]1(F)C(=O)O. The Morgan fingerprint density at radius 2 is 1.63 bits per heavy atom. The lowest BCUT2D eigenvalue weighted by atomic mass is 9.76. The van der Waals surface area contributed by atoms with Crippen molar-refractivity contribution in [1.29, 1.82) is 0 Å². The Hall–Kier alpha value is -2.93. The van der Waals surface area contributed by atoms with E-state index in [0.717, 1.165) is 11.1 Å². The summed E-state index contributed by atoms with van der Waals surface area (Å²) in [7, 11) is 0. The number of hydrogen-bond donors (Lipinski definition) is 3. The van der Waals surface area contributed by atoms with Gasteiger partial charge in [0.2, 0.25) is 5.67 Å². The van der Waals surface area contributed by atoms with E-state index in [1.54, 1.807) is 36.4 Å². The molecule has 0 amide bonds. The summed E-state index contributed by atoms with van der Waals surface area (Å²) in [5, 5.41) is 18.9. The molecule has 0 saturated heterocycles. The molecule has 27 heavy (non-hydrogen) atoms. The van der Waals surface area contributed by atoms with E-state index in [1.807, 2.05) is 12.1 Å². The van der Waals surface area contributed by atoms with Crippen molar-refractivity contribution in [2.24, 2.45) is 11.7 Å². The van der Waals surface area contributed by atoms with E-state index >= 15 is 0 Å². The number of benzene rings is 2. The van der Waals surface area contributed by atoms with Crippen molar-refractivity contribution in [2.45, 2.75) is 30.0 Å². The lowest BCUT2D eigenvalue weighted by Gasteiger charge is -2.34. The van der Waals surface area contributed by atoms with Crippen LogP contribution in [0.25, 0.3) is 0 Å². The monoisotopic (exact) mass is 371 g/mol. The summed E-state index contributed by atoms with van der Waals surface area (Å²) in [6.07, 6.45) is -0.541. The molecule has 3 atom stereocenters. The molecule has 2 aromatic rings. The average Bonchev–Trinajstić information content (AvgIpc) is 3.35. The predicted molar refractivity (Wildman–Crippen MR) is 93.6 cm³/mol. The third-order valence-corrected chi connectivity index (χ3v) is 5.62. The molecule has 6 nitrogen and oxygen atoms in total. The first kappa shape index (κ1) is 17.5. The Labute approximate surface area is 154 Å². The molecule has 0 spiro atoms. The first-order valence-electron chi connectivity index (χ1n) is 8.57. The Morgan fingerprint density at radius 3 is 2.07 bits per heavy atom. The van der Waals surface area contributed by atoms with Gasteiger partial charge in [-0.1, -0.05) is 36.4 Å². The summed E-state index contributed by atoms with van der Waals surface area (Å²) in [4.78, 5) is 23.2. The fourth-order valence-corrected chi connectivity index (χ4v) is 4.01. The van der Waals surface area contributed by atoms with Crippen molar-refractivity contribution < 1.29 is 28.9 Å². The molecule has 4 N–H and O–H groups in total. The van der Waals surface area contributed by atoms with Crippen molar-refractivity contribution >= 4 is 11.9 Å². The van der Waals surface area contributed by atoms with Gasteiger partial charge in [-0.15, -0.1) is 0 Å². The summed E-state index contributed by atoms with van der Waals surface area (Å²) in [5.41, 5.74) is 3.03. The Morgan fingerprint density at radius 1 is 1.11 bits per heavy atom. The highest BCUT2D eigenvalue weighted by atomic mass is 19.1. The van der Waals surface area contributed by atoms with Gasteiger partial charge in [0.1, 0.15) is 17.0 Å². The van der Waals surface area contributed by atoms with Crippen LogP contribution in [-0.4, -0.2) is 33.4 Å². The number of hydrogen-bond acceptors (Lipinski definition) is 4. The Bertz CT molecular complexity index is 902. The van der Waals surface area contributed by atoms with Crippen LogP contribution in [0.2, 0.25) is 0 Å². The van der Waals surface area contributed by atoms with E-state index in [4.69, 9.17) is 15.6 Å². The largest absolute Gasteiger partial charge is 0.480 e. The van der Waals surface area contributed by atoms with Crippen molar-refractivity contribution in [3.8, 4) is 11.5 Å². The number of fused-ring (bicyclic) bond motifs is 2. The van der Waals surface area contributed by atoms with Crippen molar-refractivity contribution in [2.75, 3.05) is 0 Å². The number of carboxylic acid groups (broad SMARTS) is 2. The van der Waals surface area contributed by atoms with Gasteiger partial charge in [0, 0.05) is 29.4 Å². The molecule has 2 aliphatic rings. The van der Waals surface area contributed by atoms with Crippen LogP contribution in [0, 0.1) is 5.92 Å². The lowest BCUT2D eigenvalue weighted by Crippen LogP contribution is -2.53. The van der Waals surface area contributed by atoms with Gasteiger partial charge in [-0.3, -0.25) is 4.79 Å². The van der Waals surface area contributed by atoms with E-state index in [2.05, 4.69) is 0 Å². The summed E-state index contributed by atoms with van der Waals surface area (Å²) in [6.45, 7) is 0. The van der Waals surface area contributed by atoms with Crippen LogP contribution in [0.4, 0.5) is 4.39 Å². The highest BCUT2D eigenvalue weighted by Gasteiger charge is 2.71. The molecule has 140 valence electrons. The molecule has 2 aromatic carbocycles. The molecule has 1 saturated carbocycles. The van der Waals surface area contributed by atoms with Crippen LogP contribution in [0.15, 0.2) is 48.5 Å². The smallest absolute Gasteiger partial charge is 0.341 e. The molecule has 7 heteroatoms. The van der Waals surface area contributed by atoms with Gasteiger partial charge >= 0.3 is 11.9 Å². The number of rotatable bonds is 5. The zero-order valence-corrected chi connectivity index (χ0v) is 14.3. The lowest BCUT2D eigenvalue weighted by molar-refractivity contribution is -0.149. The molecule has 1 aliphatic carbocycles.